The molecule has 0 atom stereocenters. The monoisotopic (exact) mass is 288 g/mol. The summed E-state index contributed by atoms with van der Waals surface area (Å²) in [5.41, 5.74) is 3.16. The summed E-state index contributed by atoms with van der Waals surface area (Å²) < 4.78 is 0. The molecule has 1 aromatic carbocycles. The van der Waals surface area contributed by atoms with Gasteiger partial charge in [0.15, 0.2) is 0 Å². The highest BCUT2D eigenvalue weighted by molar-refractivity contribution is 5.93. The van der Waals surface area contributed by atoms with Crippen molar-refractivity contribution in [3.63, 3.8) is 0 Å². The Kier molecular flexibility index (Phi) is 4.22. The van der Waals surface area contributed by atoms with Crippen LogP contribution in [0, 0.1) is 13.8 Å². The Hall–Kier alpha value is -2.83. The first-order valence-corrected chi connectivity index (χ1v) is 6.35. The maximum atomic E-state index is 11.9. The number of anilines is 1. The second-order valence-corrected chi connectivity index (χ2v) is 4.66. The van der Waals surface area contributed by atoms with Gasteiger partial charge in [-0.25, -0.2) is 9.59 Å². The fourth-order valence-electron chi connectivity index (χ4n) is 1.79. The van der Waals surface area contributed by atoms with Gasteiger partial charge in [-0.05, 0) is 31.5 Å². The largest absolute Gasteiger partial charge is 0.478 e. The Morgan fingerprint density at radius 1 is 1.33 bits per heavy atom. The molecule has 0 fully saturated rings. The molecule has 2 amide bonds. The summed E-state index contributed by atoms with van der Waals surface area (Å²) in [4.78, 5) is 22.8. The molecule has 4 N–H and O–H groups in total. The van der Waals surface area contributed by atoms with Crippen LogP contribution < -0.4 is 10.6 Å². The number of carboxylic acid groups (broad SMARTS) is 1. The summed E-state index contributed by atoms with van der Waals surface area (Å²) in [6.45, 7) is 4.00. The molecule has 0 aliphatic rings. The number of rotatable bonds is 4. The molecule has 0 spiro atoms. The minimum Gasteiger partial charge on any atom is -0.478 e. The highest BCUT2D eigenvalue weighted by Crippen LogP contribution is 2.17. The van der Waals surface area contributed by atoms with Crippen molar-refractivity contribution in [2.75, 3.05) is 5.32 Å². The second kappa shape index (κ2) is 6.08. The smallest absolute Gasteiger partial charge is 0.335 e. The Morgan fingerprint density at radius 2 is 2.10 bits per heavy atom. The lowest BCUT2D eigenvalue weighted by Crippen LogP contribution is -2.28. The third-order valence-electron chi connectivity index (χ3n) is 3.11. The molecule has 7 heteroatoms. The summed E-state index contributed by atoms with van der Waals surface area (Å²) in [6, 6.07) is 4.18. The van der Waals surface area contributed by atoms with Crippen molar-refractivity contribution in [2.24, 2.45) is 0 Å². The number of amides is 2. The van der Waals surface area contributed by atoms with Crippen LogP contribution >= 0.6 is 0 Å². The molecule has 1 heterocycles. The Bertz CT molecular complexity index is 679. The van der Waals surface area contributed by atoms with Crippen molar-refractivity contribution in [3.05, 3.63) is 46.8 Å². The number of hydrogen-bond donors (Lipinski definition) is 4. The lowest BCUT2D eigenvalue weighted by atomic mass is 10.1. The molecule has 0 unspecified atom stereocenters. The number of aryl methyl sites for hydroxylation is 2. The quantitative estimate of drug-likeness (QED) is 0.690. The molecule has 0 saturated heterocycles. The first-order chi connectivity index (χ1) is 9.97. The molecule has 0 bridgehead atoms. The van der Waals surface area contributed by atoms with Gasteiger partial charge >= 0.3 is 12.0 Å². The number of carbonyl (C=O) groups excluding carboxylic acids is 1. The first kappa shape index (κ1) is 14.6. The fourth-order valence-corrected chi connectivity index (χ4v) is 1.79. The summed E-state index contributed by atoms with van der Waals surface area (Å²) in [5.74, 6) is -1.03. The third-order valence-corrected chi connectivity index (χ3v) is 3.11. The fraction of sp³-hybridized carbons (Fsp3) is 0.214. The standard InChI is InChI=1S/C14H16N4O3/c1-8-3-4-10(13(19)20)5-12(8)17-14(21)15-6-11-7-16-18-9(11)2/h3-5,7H,6H2,1-2H3,(H,16,18)(H,19,20)(H2,15,17,21). The van der Waals surface area contributed by atoms with E-state index in [0.29, 0.717) is 12.2 Å². The number of benzene rings is 1. The molecule has 21 heavy (non-hydrogen) atoms. The summed E-state index contributed by atoms with van der Waals surface area (Å²) >= 11 is 0. The van der Waals surface area contributed by atoms with Crippen LogP contribution in [0.2, 0.25) is 0 Å². The number of carbonyl (C=O) groups is 2. The zero-order valence-corrected chi connectivity index (χ0v) is 11.7. The van der Waals surface area contributed by atoms with Crippen molar-refractivity contribution >= 4 is 17.7 Å². The van der Waals surface area contributed by atoms with Crippen molar-refractivity contribution in [3.8, 4) is 0 Å². The Balaban J connectivity index is 2.01. The van der Waals surface area contributed by atoms with Crippen molar-refractivity contribution in [2.45, 2.75) is 20.4 Å². The van der Waals surface area contributed by atoms with Crippen LogP contribution in [0.4, 0.5) is 10.5 Å². The SMILES string of the molecule is Cc1ccc(C(=O)O)cc1NC(=O)NCc1cn[nH]c1C. The lowest BCUT2D eigenvalue weighted by molar-refractivity contribution is 0.0697. The number of nitrogens with one attached hydrogen (secondary N) is 3. The highest BCUT2D eigenvalue weighted by atomic mass is 16.4. The van der Waals surface area contributed by atoms with Crippen LogP contribution in [0.1, 0.15) is 27.2 Å². The van der Waals surface area contributed by atoms with Gasteiger partial charge in [-0.2, -0.15) is 5.10 Å². The number of aromatic carboxylic acids is 1. The number of nitrogens with zero attached hydrogens (tertiary/aromatic N) is 1. The van der Waals surface area contributed by atoms with E-state index in [1.165, 1.54) is 12.1 Å². The van der Waals surface area contributed by atoms with E-state index < -0.39 is 12.0 Å². The third kappa shape index (κ3) is 3.59. The zero-order valence-electron chi connectivity index (χ0n) is 11.7. The van der Waals surface area contributed by atoms with E-state index in [4.69, 9.17) is 5.11 Å². The lowest BCUT2D eigenvalue weighted by Gasteiger charge is -2.10. The van der Waals surface area contributed by atoms with Gasteiger partial charge in [0, 0.05) is 23.5 Å². The molecular weight excluding hydrogens is 272 g/mol. The number of aromatic nitrogens is 2. The molecule has 0 radical (unpaired) electrons. The van der Waals surface area contributed by atoms with Crippen molar-refractivity contribution in [1.29, 1.82) is 0 Å². The Morgan fingerprint density at radius 3 is 2.71 bits per heavy atom. The summed E-state index contributed by atoms with van der Waals surface area (Å²) in [5, 5.41) is 20.9. The van der Waals surface area contributed by atoms with Crippen molar-refractivity contribution < 1.29 is 14.7 Å². The molecule has 0 aliphatic carbocycles. The van der Waals surface area contributed by atoms with E-state index in [2.05, 4.69) is 20.8 Å². The van der Waals surface area contributed by atoms with Gasteiger partial charge < -0.3 is 15.7 Å². The van der Waals surface area contributed by atoms with Gasteiger partial charge in [-0.15, -0.1) is 0 Å². The number of H-pyrrole nitrogens is 1. The van der Waals surface area contributed by atoms with Gasteiger partial charge in [0.25, 0.3) is 0 Å². The maximum Gasteiger partial charge on any atom is 0.335 e. The molecule has 2 rings (SSSR count). The average Bonchev–Trinajstić information content (AvgIpc) is 2.84. The first-order valence-electron chi connectivity index (χ1n) is 6.35. The topological polar surface area (TPSA) is 107 Å². The number of aromatic amines is 1. The van der Waals surface area contributed by atoms with Gasteiger partial charge in [-0.1, -0.05) is 6.07 Å². The average molecular weight is 288 g/mol. The molecule has 2 aromatic rings. The van der Waals surface area contributed by atoms with Crippen LogP contribution in [0.3, 0.4) is 0 Å². The normalized spacial score (nSPS) is 10.2. The van der Waals surface area contributed by atoms with Crippen LogP contribution in [0.25, 0.3) is 0 Å². The molecule has 0 saturated carbocycles. The zero-order chi connectivity index (χ0) is 15.4. The van der Waals surface area contributed by atoms with E-state index in [1.807, 2.05) is 6.92 Å². The minimum atomic E-state index is -1.03. The number of urea groups is 1. The van der Waals surface area contributed by atoms with E-state index in [-0.39, 0.29) is 5.56 Å². The number of hydrogen-bond acceptors (Lipinski definition) is 3. The molecular formula is C14H16N4O3. The second-order valence-electron chi connectivity index (χ2n) is 4.66. The maximum absolute atomic E-state index is 11.9. The summed E-state index contributed by atoms with van der Waals surface area (Å²) in [6.07, 6.45) is 1.64. The van der Waals surface area contributed by atoms with E-state index >= 15 is 0 Å². The van der Waals surface area contributed by atoms with E-state index in [9.17, 15) is 9.59 Å². The predicted octanol–water partition coefficient (Wildman–Crippen LogP) is 2.05. The van der Waals surface area contributed by atoms with Crippen LogP contribution in [-0.2, 0) is 6.54 Å². The molecule has 1 aromatic heterocycles. The van der Waals surface area contributed by atoms with Crippen molar-refractivity contribution in [1.82, 2.24) is 15.5 Å². The molecule has 110 valence electrons. The van der Waals surface area contributed by atoms with Gasteiger partial charge in [0.1, 0.15) is 0 Å². The predicted molar refractivity (Wildman–Crippen MR) is 77.3 cm³/mol. The van der Waals surface area contributed by atoms with Crippen LogP contribution in [-0.4, -0.2) is 27.3 Å². The van der Waals surface area contributed by atoms with Crippen LogP contribution in [0.15, 0.2) is 24.4 Å². The van der Waals surface area contributed by atoms with Gasteiger partial charge in [0.2, 0.25) is 0 Å². The Labute approximate surface area is 121 Å². The molecule has 7 nitrogen and oxygen atoms in total. The minimum absolute atomic E-state index is 0.126. The highest BCUT2D eigenvalue weighted by Gasteiger charge is 2.09. The molecule has 0 aliphatic heterocycles. The van der Waals surface area contributed by atoms with E-state index in [1.54, 1.807) is 19.2 Å². The van der Waals surface area contributed by atoms with Gasteiger partial charge in [-0.3, -0.25) is 5.10 Å². The van der Waals surface area contributed by atoms with Gasteiger partial charge in [0.05, 0.1) is 11.8 Å². The van der Waals surface area contributed by atoms with Crippen LogP contribution in [0.5, 0.6) is 0 Å². The summed E-state index contributed by atoms with van der Waals surface area (Å²) in [7, 11) is 0. The number of carboxylic acids is 1. The van der Waals surface area contributed by atoms with E-state index in [0.717, 1.165) is 16.8 Å².